The van der Waals surface area contributed by atoms with E-state index >= 15 is 0 Å². The maximum atomic E-state index is 11.5. The van der Waals surface area contributed by atoms with Gasteiger partial charge >= 0.3 is 0 Å². The smallest absolute Gasteiger partial charge is 0.218 e. The van der Waals surface area contributed by atoms with Crippen molar-refractivity contribution in [2.75, 3.05) is 5.75 Å². The second-order valence-electron chi connectivity index (χ2n) is 3.13. The lowest BCUT2D eigenvalue weighted by Gasteiger charge is -2.04. The predicted octanol–water partition coefficient (Wildman–Crippen LogP) is 1.82. The van der Waals surface area contributed by atoms with Gasteiger partial charge in [0.1, 0.15) is 5.04 Å². The van der Waals surface area contributed by atoms with E-state index in [0.29, 0.717) is 21.0 Å². The van der Waals surface area contributed by atoms with Crippen LogP contribution in [-0.4, -0.2) is 24.5 Å². The third kappa shape index (κ3) is 2.34. The van der Waals surface area contributed by atoms with Crippen LogP contribution in [0.3, 0.4) is 0 Å². The maximum Gasteiger partial charge on any atom is 0.218 e. The second-order valence-corrected chi connectivity index (χ2v) is 6.81. The molecular formula is C8H13NO2S2. The molecule has 0 saturated heterocycles. The topological polar surface area (TPSA) is 46.5 Å². The van der Waals surface area contributed by atoms with Crippen LogP contribution in [0, 0.1) is 0 Å². The van der Waals surface area contributed by atoms with Crippen molar-refractivity contribution >= 4 is 26.6 Å². The SMILES string of the molecule is CC1=CN=C(CSC(C)C)S1(=O)=O. The summed E-state index contributed by atoms with van der Waals surface area (Å²) in [6.07, 6.45) is 1.42. The normalized spacial score (nSPS) is 20.3. The fourth-order valence-corrected chi connectivity index (χ4v) is 2.97. The Labute approximate surface area is 83.2 Å². The fourth-order valence-electron chi connectivity index (χ4n) is 0.840. The maximum absolute atomic E-state index is 11.5. The Bertz CT molecular complexity index is 352. The third-order valence-electron chi connectivity index (χ3n) is 1.66. The zero-order valence-electron chi connectivity index (χ0n) is 7.94. The summed E-state index contributed by atoms with van der Waals surface area (Å²) in [5.41, 5.74) is 0. The van der Waals surface area contributed by atoms with Gasteiger partial charge in [-0.2, -0.15) is 11.8 Å². The molecule has 74 valence electrons. The van der Waals surface area contributed by atoms with Gasteiger partial charge in [0.2, 0.25) is 9.84 Å². The molecule has 5 heteroatoms. The highest BCUT2D eigenvalue weighted by Crippen LogP contribution is 2.20. The van der Waals surface area contributed by atoms with Gasteiger partial charge in [0.15, 0.2) is 0 Å². The van der Waals surface area contributed by atoms with E-state index in [2.05, 4.69) is 4.99 Å². The van der Waals surface area contributed by atoms with Crippen molar-refractivity contribution in [2.24, 2.45) is 4.99 Å². The number of allylic oxidation sites excluding steroid dienone is 1. The molecule has 0 aliphatic carbocycles. The summed E-state index contributed by atoms with van der Waals surface area (Å²) in [5.74, 6) is 0.480. The van der Waals surface area contributed by atoms with E-state index < -0.39 is 9.84 Å². The van der Waals surface area contributed by atoms with E-state index in [-0.39, 0.29) is 0 Å². The molecule has 0 atom stereocenters. The summed E-state index contributed by atoms with van der Waals surface area (Å²) in [5, 5.41) is 0.725. The molecular weight excluding hydrogens is 206 g/mol. The summed E-state index contributed by atoms with van der Waals surface area (Å²) in [6, 6.07) is 0. The number of thioether (sulfide) groups is 1. The number of sulfone groups is 1. The lowest BCUT2D eigenvalue weighted by atomic mass is 10.6. The first kappa shape index (κ1) is 10.8. The lowest BCUT2D eigenvalue weighted by molar-refractivity contribution is 0.613. The molecule has 3 nitrogen and oxygen atoms in total. The van der Waals surface area contributed by atoms with Crippen molar-refractivity contribution in [3.05, 3.63) is 11.1 Å². The Hall–Kier alpha value is -0.290. The first-order chi connectivity index (χ1) is 5.94. The molecule has 0 aromatic rings. The van der Waals surface area contributed by atoms with E-state index in [4.69, 9.17) is 0 Å². The minimum Gasteiger partial charge on any atom is -0.247 e. The molecule has 0 aromatic heterocycles. The summed E-state index contributed by atoms with van der Waals surface area (Å²) in [6.45, 7) is 5.64. The second kappa shape index (κ2) is 3.84. The Kier molecular flexibility index (Phi) is 3.18. The van der Waals surface area contributed by atoms with E-state index in [1.54, 1.807) is 18.7 Å². The Balaban J connectivity index is 2.67. The average molecular weight is 219 g/mol. The summed E-state index contributed by atoms with van der Waals surface area (Å²) >= 11 is 1.59. The van der Waals surface area contributed by atoms with E-state index in [9.17, 15) is 8.42 Å². The number of aliphatic imine (C=N–C) groups is 1. The van der Waals surface area contributed by atoms with Gasteiger partial charge in [-0.05, 0) is 12.2 Å². The minimum absolute atomic E-state index is 0.295. The monoisotopic (exact) mass is 219 g/mol. The highest BCUT2D eigenvalue weighted by Gasteiger charge is 2.25. The zero-order valence-corrected chi connectivity index (χ0v) is 9.58. The van der Waals surface area contributed by atoms with Gasteiger partial charge in [0.25, 0.3) is 0 Å². The summed E-state index contributed by atoms with van der Waals surface area (Å²) in [4.78, 5) is 4.24. The highest BCUT2D eigenvalue weighted by atomic mass is 32.2. The van der Waals surface area contributed by atoms with E-state index in [1.165, 1.54) is 6.20 Å². The number of rotatable bonds is 3. The quantitative estimate of drug-likeness (QED) is 0.727. The van der Waals surface area contributed by atoms with Crippen LogP contribution < -0.4 is 0 Å². The van der Waals surface area contributed by atoms with Crippen molar-refractivity contribution in [3.63, 3.8) is 0 Å². The van der Waals surface area contributed by atoms with Crippen LogP contribution in [0.5, 0.6) is 0 Å². The number of nitrogens with zero attached hydrogens (tertiary/aromatic N) is 1. The number of hydrogen-bond donors (Lipinski definition) is 0. The molecule has 0 radical (unpaired) electrons. The van der Waals surface area contributed by atoms with Crippen LogP contribution in [0.2, 0.25) is 0 Å². The van der Waals surface area contributed by atoms with Crippen LogP contribution in [0.25, 0.3) is 0 Å². The molecule has 1 heterocycles. The largest absolute Gasteiger partial charge is 0.247 e. The molecule has 1 rings (SSSR count). The van der Waals surface area contributed by atoms with Gasteiger partial charge in [0.05, 0.1) is 4.91 Å². The zero-order chi connectivity index (χ0) is 10.1. The van der Waals surface area contributed by atoms with Gasteiger partial charge in [0, 0.05) is 12.0 Å². The molecule has 0 aromatic carbocycles. The van der Waals surface area contributed by atoms with E-state index in [1.807, 2.05) is 13.8 Å². The van der Waals surface area contributed by atoms with Gasteiger partial charge in [-0.3, -0.25) is 0 Å². The Morgan fingerprint density at radius 1 is 1.54 bits per heavy atom. The highest BCUT2D eigenvalue weighted by molar-refractivity contribution is 8.12. The molecule has 0 spiro atoms. The molecule has 0 bridgehead atoms. The van der Waals surface area contributed by atoms with Crippen LogP contribution in [0.1, 0.15) is 20.8 Å². The van der Waals surface area contributed by atoms with Crippen molar-refractivity contribution < 1.29 is 8.42 Å². The average Bonchev–Trinajstić information content (AvgIpc) is 2.25. The van der Waals surface area contributed by atoms with Gasteiger partial charge in [-0.15, -0.1) is 0 Å². The van der Waals surface area contributed by atoms with Crippen LogP contribution in [0.4, 0.5) is 0 Å². The van der Waals surface area contributed by atoms with Crippen LogP contribution in [-0.2, 0) is 9.84 Å². The molecule has 1 aliphatic rings. The molecule has 0 saturated carbocycles. The number of hydrogen-bond acceptors (Lipinski definition) is 4. The summed E-state index contributed by atoms with van der Waals surface area (Å²) in [7, 11) is -3.17. The Morgan fingerprint density at radius 3 is 2.54 bits per heavy atom. The first-order valence-corrected chi connectivity index (χ1v) is 6.58. The van der Waals surface area contributed by atoms with Crippen molar-refractivity contribution in [2.45, 2.75) is 26.0 Å². The predicted molar refractivity (Wildman–Crippen MR) is 57.7 cm³/mol. The van der Waals surface area contributed by atoms with Gasteiger partial charge in [-0.1, -0.05) is 13.8 Å². The standard InChI is InChI=1S/C8H13NO2S2/c1-6(2)12-5-8-9-4-7(3)13(8,10)11/h4,6H,5H2,1-3H3. The first-order valence-electron chi connectivity index (χ1n) is 4.04. The molecule has 1 aliphatic heterocycles. The van der Waals surface area contributed by atoms with Gasteiger partial charge < -0.3 is 0 Å². The molecule has 0 fully saturated rings. The van der Waals surface area contributed by atoms with Crippen LogP contribution >= 0.6 is 11.8 Å². The van der Waals surface area contributed by atoms with Gasteiger partial charge in [-0.25, -0.2) is 13.4 Å². The molecule has 0 N–H and O–H groups in total. The van der Waals surface area contributed by atoms with E-state index in [0.717, 1.165) is 0 Å². The molecule has 0 amide bonds. The molecule has 13 heavy (non-hydrogen) atoms. The summed E-state index contributed by atoms with van der Waals surface area (Å²) < 4.78 is 23.0. The fraction of sp³-hybridized carbons (Fsp3) is 0.625. The third-order valence-corrected chi connectivity index (χ3v) is 4.78. The molecule has 0 unspecified atom stereocenters. The van der Waals surface area contributed by atoms with Crippen LogP contribution in [0.15, 0.2) is 16.1 Å². The van der Waals surface area contributed by atoms with Crippen molar-refractivity contribution in [3.8, 4) is 0 Å². The van der Waals surface area contributed by atoms with Crippen molar-refractivity contribution in [1.82, 2.24) is 0 Å². The lowest BCUT2D eigenvalue weighted by Crippen LogP contribution is -2.15. The Morgan fingerprint density at radius 2 is 2.15 bits per heavy atom. The minimum atomic E-state index is -3.17. The van der Waals surface area contributed by atoms with Crippen molar-refractivity contribution in [1.29, 1.82) is 0 Å².